The molecule has 0 bridgehead atoms. The molecule has 0 aromatic carbocycles. The largest absolute Gasteiger partial charge is 0.478 e. The molecular formula is C17H26N4O3. The van der Waals surface area contributed by atoms with E-state index >= 15 is 0 Å². The highest BCUT2D eigenvalue weighted by Gasteiger charge is 2.33. The Morgan fingerprint density at radius 1 is 0.958 bits per heavy atom. The summed E-state index contributed by atoms with van der Waals surface area (Å²) in [6, 6.07) is -0.805. The number of nitrogens with one attached hydrogen (secondary N) is 2. The lowest BCUT2D eigenvalue weighted by molar-refractivity contribution is -0.126. The Hall–Kier alpha value is -1.92. The van der Waals surface area contributed by atoms with Crippen molar-refractivity contribution >= 4 is 23.4 Å². The Morgan fingerprint density at radius 3 is 2.08 bits per heavy atom. The molecule has 0 radical (unpaired) electrons. The topological polar surface area (TPSA) is 92.2 Å². The number of ether oxygens (including phenoxy) is 1. The molecule has 1 fully saturated rings. The van der Waals surface area contributed by atoms with Gasteiger partial charge < -0.3 is 15.4 Å². The fraction of sp³-hybridized carbons (Fsp3) is 0.765. The van der Waals surface area contributed by atoms with E-state index < -0.39 is 6.04 Å². The maximum atomic E-state index is 12.4. The van der Waals surface area contributed by atoms with Crippen LogP contribution in [0.25, 0.3) is 0 Å². The standard InChI is InChI=1S/C17H26N4O3/c1-10-7-8-14(18-10)16(22)20-12-5-3-4-6-13(12)21-17(23)15-9-24-11(2)19-15/h12-15H,3-9H2,1-2H3,(H,20,22)(H,21,23)/t12-,13-,14+,15+/m1/s1. The zero-order valence-corrected chi connectivity index (χ0v) is 14.4. The van der Waals surface area contributed by atoms with Crippen LogP contribution in [0.1, 0.15) is 52.4 Å². The van der Waals surface area contributed by atoms with Crippen molar-refractivity contribution in [3.05, 3.63) is 0 Å². The van der Waals surface area contributed by atoms with Crippen LogP contribution >= 0.6 is 0 Å². The van der Waals surface area contributed by atoms with Gasteiger partial charge in [0.2, 0.25) is 11.8 Å². The van der Waals surface area contributed by atoms with Gasteiger partial charge >= 0.3 is 0 Å². The molecule has 4 atom stereocenters. The summed E-state index contributed by atoms with van der Waals surface area (Å²) in [4.78, 5) is 33.4. The first-order chi connectivity index (χ1) is 11.5. The smallest absolute Gasteiger partial charge is 0.248 e. The van der Waals surface area contributed by atoms with Crippen LogP contribution in [-0.2, 0) is 14.3 Å². The molecule has 1 aliphatic carbocycles. The number of hydrogen-bond acceptors (Lipinski definition) is 5. The number of aliphatic imine (C=N–C) groups is 2. The normalized spacial score (nSPS) is 32.6. The van der Waals surface area contributed by atoms with Crippen molar-refractivity contribution in [1.82, 2.24) is 10.6 Å². The second kappa shape index (κ2) is 7.32. The van der Waals surface area contributed by atoms with Crippen LogP contribution in [0.3, 0.4) is 0 Å². The zero-order chi connectivity index (χ0) is 17.1. The van der Waals surface area contributed by atoms with Gasteiger partial charge in [0.25, 0.3) is 0 Å². The van der Waals surface area contributed by atoms with Crippen molar-refractivity contribution in [3.8, 4) is 0 Å². The Morgan fingerprint density at radius 2 is 1.58 bits per heavy atom. The van der Waals surface area contributed by atoms with Crippen molar-refractivity contribution in [2.24, 2.45) is 9.98 Å². The van der Waals surface area contributed by atoms with Gasteiger partial charge in [-0.3, -0.25) is 14.6 Å². The molecule has 3 rings (SSSR count). The van der Waals surface area contributed by atoms with E-state index in [1.54, 1.807) is 6.92 Å². The average Bonchev–Trinajstić information content (AvgIpc) is 3.18. The number of nitrogens with zero attached hydrogens (tertiary/aromatic N) is 2. The Balaban J connectivity index is 1.57. The second-order valence-electron chi connectivity index (χ2n) is 6.91. The molecule has 0 spiro atoms. The van der Waals surface area contributed by atoms with Gasteiger partial charge in [-0.05, 0) is 32.6 Å². The summed E-state index contributed by atoms with van der Waals surface area (Å²) in [5.41, 5.74) is 1.04. The van der Waals surface area contributed by atoms with Crippen molar-refractivity contribution in [1.29, 1.82) is 0 Å². The molecule has 2 amide bonds. The van der Waals surface area contributed by atoms with Gasteiger partial charge in [0.15, 0.2) is 11.9 Å². The lowest BCUT2D eigenvalue weighted by Gasteiger charge is -2.33. The highest BCUT2D eigenvalue weighted by Crippen LogP contribution is 2.21. The molecule has 0 aromatic heterocycles. The van der Waals surface area contributed by atoms with Crippen molar-refractivity contribution in [2.45, 2.75) is 76.5 Å². The quantitative estimate of drug-likeness (QED) is 0.802. The third-order valence-corrected chi connectivity index (χ3v) is 4.97. The number of carbonyl (C=O) groups is 2. The van der Waals surface area contributed by atoms with Gasteiger partial charge in [0, 0.05) is 24.7 Å². The molecular weight excluding hydrogens is 308 g/mol. The first kappa shape index (κ1) is 16.9. The minimum atomic E-state index is -0.467. The first-order valence-corrected chi connectivity index (χ1v) is 8.84. The minimum absolute atomic E-state index is 0.0175. The van der Waals surface area contributed by atoms with E-state index in [0.717, 1.165) is 44.2 Å². The molecule has 7 nitrogen and oxygen atoms in total. The van der Waals surface area contributed by atoms with Crippen LogP contribution < -0.4 is 10.6 Å². The lowest BCUT2D eigenvalue weighted by Crippen LogP contribution is -2.56. The maximum Gasteiger partial charge on any atom is 0.248 e. The van der Waals surface area contributed by atoms with Gasteiger partial charge in [-0.15, -0.1) is 0 Å². The van der Waals surface area contributed by atoms with Crippen LogP contribution in [0.2, 0.25) is 0 Å². The van der Waals surface area contributed by atoms with Crippen LogP contribution in [-0.4, -0.2) is 54.2 Å². The fourth-order valence-electron chi connectivity index (χ4n) is 3.59. The average molecular weight is 334 g/mol. The Kier molecular flexibility index (Phi) is 5.16. The summed E-state index contributed by atoms with van der Waals surface area (Å²) in [7, 11) is 0. The first-order valence-electron chi connectivity index (χ1n) is 8.84. The summed E-state index contributed by atoms with van der Waals surface area (Å²) < 4.78 is 5.25. The van der Waals surface area contributed by atoms with Crippen LogP contribution in [0.5, 0.6) is 0 Å². The van der Waals surface area contributed by atoms with E-state index in [-0.39, 0.29) is 29.9 Å². The number of hydrogen-bond donors (Lipinski definition) is 2. The molecule has 0 saturated heterocycles. The van der Waals surface area contributed by atoms with Gasteiger partial charge in [0.05, 0.1) is 0 Å². The van der Waals surface area contributed by atoms with Crippen molar-refractivity contribution in [3.63, 3.8) is 0 Å². The summed E-state index contributed by atoms with van der Waals surface area (Å²) in [5.74, 6) is 0.418. The monoisotopic (exact) mass is 334 g/mol. The number of carbonyl (C=O) groups excluding carboxylic acids is 2. The van der Waals surface area contributed by atoms with Crippen molar-refractivity contribution < 1.29 is 14.3 Å². The molecule has 0 unspecified atom stereocenters. The SMILES string of the molecule is CC1=N[C@H](C(=O)N[C@@H]2CCCC[C@H]2NC(=O)[C@@H]2COC(C)=N2)CC1. The lowest BCUT2D eigenvalue weighted by atomic mass is 9.89. The predicted molar refractivity (Wildman–Crippen MR) is 91.3 cm³/mol. The molecule has 0 aromatic rings. The number of amides is 2. The van der Waals surface area contributed by atoms with Crippen LogP contribution in [0.4, 0.5) is 0 Å². The summed E-state index contributed by atoms with van der Waals surface area (Å²) in [6.07, 6.45) is 5.56. The summed E-state index contributed by atoms with van der Waals surface area (Å²) >= 11 is 0. The molecule has 2 aliphatic heterocycles. The second-order valence-corrected chi connectivity index (χ2v) is 6.91. The molecule has 2 heterocycles. The Bertz CT molecular complexity index is 522. The number of rotatable bonds is 4. The van der Waals surface area contributed by atoms with E-state index in [2.05, 4.69) is 20.6 Å². The molecule has 24 heavy (non-hydrogen) atoms. The fourth-order valence-corrected chi connectivity index (χ4v) is 3.59. The third kappa shape index (κ3) is 3.94. The minimum Gasteiger partial charge on any atom is -0.478 e. The van der Waals surface area contributed by atoms with E-state index in [0.29, 0.717) is 12.5 Å². The Labute approximate surface area is 142 Å². The zero-order valence-electron chi connectivity index (χ0n) is 14.4. The van der Waals surface area contributed by atoms with Gasteiger partial charge in [-0.2, -0.15) is 0 Å². The maximum absolute atomic E-state index is 12.4. The summed E-state index contributed by atoms with van der Waals surface area (Å²) in [6.45, 7) is 4.02. The van der Waals surface area contributed by atoms with Gasteiger partial charge in [-0.25, -0.2) is 4.99 Å². The molecule has 2 N–H and O–H groups in total. The van der Waals surface area contributed by atoms with Crippen LogP contribution in [0.15, 0.2) is 9.98 Å². The summed E-state index contributed by atoms with van der Waals surface area (Å²) in [5, 5.41) is 6.17. The van der Waals surface area contributed by atoms with E-state index in [1.165, 1.54) is 0 Å². The third-order valence-electron chi connectivity index (χ3n) is 4.97. The highest BCUT2D eigenvalue weighted by atomic mass is 16.5. The molecule has 7 heteroatoms. The molecule has 1 saturated carbocycles. The van der Waals surface area contributed by atoms with E-state index in [4.69, 9.17) is 4.74 Å². The van der Waals surface area contributed by atoms with Gasteiger partial charge in [-0.1, -0.05) is 12.8 Å². The predicted octanol–water partition coefficient (Wildman–Crippen LogP) is 0.971. The van der Waals surface area contributed by atoms with Crippen LogP contribution in [0, 0.1) is 0 Å². The van der Waals surface area contributed by atoms with E-state index in [1.807, 2.05) is 6.92 Å². The highest BCUT2D eigenvalue weighted by molar-refractivity contribution is 5.92. The van der Waals surface area contributed by atoms with E-state index in [9.17, 15) is 9.59 Å². The van der Waals surface area contributed by atoms with Gasteiger partial charge in [0.1, 0.15) is 12.6 Å². The van der Waals surface area contributed by atoms with Crippen molar-refractivity contribution in [2.75, 3.05) is 6.61 Å². The molecule has 132 valence electrons. The molecule has 3 aliphatic rings.